The molecule has 1 aliphatic rings. The first-order valence-electron chi connectivity index (χ1n) is 19.6. The van der Waals surface area contributed by atoms with Crippen LogP contribution in [-0.4, -0.2) is 0 Å². The minimum atomic E-state index is -0.132. The van der Waals surface area contributed by atoms with E-state index in [1.165, 1.54) is 119 Å². The highest BCUT2D eigenvalue weighted by Crippen LogP contribution is 2.54. The van der Waals surface area contributed by atoms with Crippen LogP contribution >= 0.6 is 11.3 Å². The molecule has 0 atom stereocenters. The SMILES string of the molecule is CC1(C)c2ccc(-c3cccc(-c4c5ccccc5c(-c5ccc6ccccc6c5)c5ccccc45)c3)cc2-c2ccc3ccc4sc5ccccc5c4c3c21. The maximum Gasteiger partial charge on any atom is 0.0361 e. The molecule has 0 aliphatic heterocycles. The first-order valence-corrected chi connectivity index (χ1v) is 20.4. The number of fused-ring (bicyclic) bond motifs is 12. The summed E-state index contributed by atoms with van der Waals surface area (Å²) in [6.07, 6.45) is 0. The van der Waals surface area contributed by atoms with E-state index in [2.05, 4.69) is 196 Å². The van der Waals surface area contributed by atoms with Crippen LogP contribution in [0, 0.1) is 0 Å². The highest BCUT2D eigenvalue weighted by Gasteiger charge is 2.38. The number of benzene rings is 10. The maximum atomic E-state index is 2.46. The van der Waals surface area contributed by atoms with Crippen LogP contribution in [0.1, 0.15) is 25.0 Å². The van der Waals surface area contributed by atoms with Gasteiger partial charge >= 0.3 is 0 Å². The van der Waals surface area contributed by atoms with Gasteiger partial charge in [-0.05, 0) is 129 Å². The Morgan fingerprint density at radius 2 is 0.929 bits per heavy atom. The average molecular weight is 729 g/mol. The van der Waals surface area contributed by atoms with E-state index < -0.39 is 0 Å². The minimum Gasteiger partial charge on any atom is -0.135 e. The summed E-state index contributed by atoms with van der Waals surface area (Å²) in [5, 5.41) is 13.1. The molecule has 0 N–H and O–H groups in total. The lowest BCUT2D eigenvalue weighted by molar-refractivity contribution is 0.667. The van der Waals surface area contributed by atoms with E-state index in [4.69, 9.17) is 0 Å². The summed E-state index contributed by atoms with van der Waals surface area (Å²) in [4.78, 5) is 0. The monoisotopic (exact) mass is 728 g/mol. The summed E-state index contributed by atoms with van der Waals surface area (Å²) in [6, 6.07) is 68.2. The van der Waals surface area contributed by atoms with Crippen molar-refractivity contribution in [2.45, 2.75) is 19.3 Å². The van der Waals surface area contributed by atoms with Crippen LogP contribution in [0.4, 0.5) is 0 Å². The van der Waals surface area contributed by atoms with Gasteiger partial charge in [0.15, 0.2) is 0 Å². The molecule has 0 saturated carbocycles. The van der Waals surface area contributed by atoms with E-state index in [0.29, 0.717) is 0 Å². The van der Waals surface area contributed by atoms with Gasteiger partial charge in [0.05, 0.1) is 0 Å². The predicted octanol–water partition coefficient (Wildman–Crippen LogP) is 16.0. The molecule has 0 amide bonds. The third kappa shape index (κ3) is 4.47. The highest BCUT2D eigenvalue weighted by molar-refractivity contribution is 7.26. The molecule has 12 rings (SSSR count). The summed E-state index contributed by atoms with van der Waals surface area (Å²) in [5.74, 6) is 0. The van der Waals surface area contributed by atoms with Crippen molar-refractivity contribution in [3.05, 3.63) is 193 Å². The average Bonchev–Trinajstić information content (AvgIpc) is 3.74. The first-order chi connectivity index (χ1) is 27.5. The third-order valence-electron chi connectivity index (χ3n) is 12.6. The summed E-state index contributed by atoms with van der Waals surface area (Å²) in [7, 11) is 0. The molecule has 56 heavy (non-hydrogen) atoms. The van der Waals surface area contributed by atoms with Crippen LogP contribution in [-0.2, 0) is 5.41 Å². The van der Waals surface area contributed by atoms with Crippen molar-refractivity contribution < 1.29 is 0 Å². The summed E-state index contributed by atoms with van der Waals surface area (Å²) in [5.41, 5.74) is 13.0. The van der Waals surface area contributed by atoms with Gasteiger partial charge in [-0.2, -0.15) is 0 Å². The van der Waals surface area contributed by atoms with Gasteiger partial charge in [0.25, 0.3) is 0 Å². The second-order valence-electron chi connectivity index (χ2n) is 16.0. The highest BCUT2D eigenvalue weighted by atomic mass is 32.1. The van der Waals surface area contributed by atoms with Gasteiger partial charge in [0.1, 0.15) is 0 Å². The number of rotatable bonds is 3. The molecule has 262 valence electrons. The molecule has 0 bridgehead atoms. The van der Waals surface area contributed by atoms with Gasteiger partial charge in [-0.1, -0.05) is 166 Å². The van der Waals surface area contributed by atoms with E-state index in [1.54, 1.807) is 0 Å². The lowest BCUT2D eigenvalue weighted by Gasteiger charge is -2.24. The Bertz CT molecular complexity index is 3390. The fourth-order valence-electron chi connectivity index (χ4n) is 10.1. The van der Waals surface area contributed by atoms with E-state index >= 15 is 0 Å². The molecule has 0 saturated heterocycles. The standard InChI is InChI=1S/C55H36S/c1-55(2)47-28-25-37(32-46(47)44-27-24-34-26-29-49-53(52(34)54(44)55)45-20-9-10-21-48(45)56-49)36-14-11-15-38(31-36)50-40-16-5-7-18-42(40)51(43-19-8-6-17-41(43)50)39-23-22-33-12-3-4-13-35(33)30-39/h3-32H,1-2H3. The fraction of sp³-hybridized carbons (Fsp3) is 0.0545. The van der Waals surface area contributed by atoms with Gasteiger partial charge in [0, 0.05) is 25.6 Å². The summed E-state index contributed by atoms with van der Waals surface area (Å²) < 4.78 is 2.72. The Hall–Kier alpha value is -6.54. The minimum absolute atomic E-state index is 0.132. The summed E-state index contributed by atoms with van der Waals surface area (Å²) >= 11 is 1.91. The molecule has 11 aromatic rings. The molecule has 0 fully saturated rings. The zero-order chi connectivity index (χ0) is 37.1. The van der Waals surface area contributed by atoms with E-state index in [-0.39, 0.29) is 5.41 Å². The zero-order valence-electron chi connectivity index (χ0n) is 31.2. The van der Waals surface area contributed by atoms with Crippen molar-refractivity contribution in [3.8, 4) is 44.5 Å². The molecular weight excluding hydrogens is 693 g/mol. The zero-order valence-corrected chi connectivity index (χ0v) is 32.0. The van der Waals surface area contributed by atoms with Crippen LogP contribution in [0.3, 0.4) is 0 Å². The van der Waals surface area contributed by atoms with Crippen molar-refractivity contribution in [2.75, 3.05) is 0 Å². The second kappa shape index (κ2) is 11.7. The summed E-state index contributed by atoms with van der Waals surface area (Å²) in [6.45, 7) is 4.84. The Morgan fingerprint density at radius 3 is 1.68 bits per heavy atom. The van der Waals surface area contributed by atoms with Crippen molar-refractivity contribution in [3.63, 3.8) is 0 Å². The Kier molecular flexibility index (Phi) is 6.66. The van der Waals surface area contributed by atoms with Crippen LogP contribution in [0.25, 0.3) is 108 Å². The van der Waals surface area contributed by atoms with Gasteiger partial charge in [-0.15, -0.1) is 11.3 Å². The number of hydrogen-bond acceptors (Lipinski definition) is 1. The molecule has 0 radical (unpaired) electrons. The van der Waals surface area contributed by atoms with Crippen LogP contribution < -0.4 is 0 Å². The van der Waals surface area contributed by atoms with Gasteiger partial charge in [0.2, 0.25) is 0 Å². The van der Waals surface area contributed by atoms with Crippen molar-refractivity contribution in [1.29, 1.82) is 0 Å². The molecule has 0 spiro atoms. The molecule has 0 nitrogen and oxygen atoms in total. The van der Waals surface area contributed by atoms with Crippen molar-refractivity contribution >= 4 is 74.6 Å². The molecular formula is C55H36S. The maximum absolute atomic E-state index is 2.46. The molecule has 1 heterocycles. The van der Waals surface area contributed by atoms with Crippen LogP contribution in [0.2, 0.25) is 0 Å². The lowest BCUT2D eigenvalue weighted by Crippen LogP contribution is -2.15. The van der Waals surface area contributed by atoms with E-state index in [9.17, 15) is 0 Å². The normalized spacial score (nSPS) is 13.3. The topological polar surface area (TPSA) is 0 Å². The van der Waals surface area contributed by atoms with E-state index in [0.717, 1.165) is 0 Å². The molecule has 1 aromatic heterocycles. The Balaban J connectivity index is 1.04. The van der Waals surface area contributed by atoms with Crippen LogP contribution in [0.5, 0.6) is 0 Å². The van der Waals surface area contributed by atoms with Crippen LogP contribution in [0.15, 0.2) is 182 Å². The number of thiophene rings is 1. The first kappa shape index (κ1) is 31.8. The van der Waals surface area contributed by atoms with Crippen molar-refractivity contribution in [1.82, 2.24) is 0 Å². The second-order valence-corrected chi connectivity index (χ2v) is 17.1. The molecule has 0 unspecified atom stereocenters. The number of hydrogen-bond donors (Lipinski definition) is 0. The molecule has 1 aliphatic carbocycles. The molecule has 1 heteroatoms. The van der Waals surface area contributed by atoms with E-state index in [1.807, 2.05) is 11.3 Å². The Labute approximate surface area is 329 Å². The van der Waals surface area contributed by atoms with Crippen molar-refractivity contribution in [2.24, 2.45) is 0 Å². The lowest BCUT2D eigenvalue weighted by atomic mass is 9.79. The smallest absolute Gasteiger partial charge is 0.0361 e. The van der Waals surface area contributed by atoms with Gasteiger partial charge < -0.3 is 0 Å². The quantitative estimate of drug-likeness (QED) is 0.159. The van der Waals surface area contributed by atoms with Gasteiger partial charge in [-0.3, -0.25) is 0 Å². The fourth-order valence-corrected chi connectivity index (χ4v) is 11.2. The van der Waals surface area contributed by atoms with Gasteiger partial charge in [-0.25, -0.2) is 0 Å². The largest absolute Gasteiger partial charge is 0.135 e. The predicted molar refractivity (Wildman–Crippen MR) is 243 cm³/mol. The Morgan fingerprint density at radius 1 is 0.357 bits per heavy atom. The third-order valence-corrected chi connectivity index (χ3v) is 13.7. The molecule has 10 aromatic carbocycles.